The van der Waals surface area contributed by atoms with Crippen LogP contribution in [0.2, 0.25) is 0 Å². The molecule has 0 bridgehead atoms. The Balaban J connectivity index is 1.81. The molecule has 1 fully saturated rings. The van der Waals surface area contributed by atoms with E-state index in [-0.39, 0.29) is 6.03 Å². The van der Waals surface area contributed by atoms with E-state index in [0.717, 1.165) is 55.2 Å². The molecule has 1 saturated carbocycles. The fraction of sp³-hybridized carbons (Fsp3) is 0.600. The second-order valence-corrected chi connectivity index (χ2v) is 9.77. The van der Waals surface area contributed by atoms with Crippen LogP contribution >= 0.6 is 0 Å². The van der Waals surface area contributed by atoms with Crippen molar-refractivity contribution in [1.29, 1.82) is 0 Å². The van der Waals surface area contributed by atoms with Crippen LogP contribution in [0, 0.1) is 5.92 Å². The van der Waals surface area contributed by atoms with Gasteiger partial charge in [0.2, 0.25) is 0 Å². The highest BCUT2D eigenvalue weighted by Gasteiger charge is 2.23. The van der Waals surface area contributed by atoms with Gasteiger partial charge in [0.15, 0.2) is 0 Å². The van der Waals surface area contributed by atoms with Crippen molar-refractivity contribution in [2.24, 2.45) is 5.92 Å². The van der Waals surface area contributed by atoms with E-state index in [1.807, 2.05) is 29.4 Å². The van der Waals surface area contributed by atoms with E-state index in [1.165, 1.54) is 25.7 Å². The van der Waals surface area contributed by atoms with E-state index in [2.05, 4.69) is 71.5 Å². The monoisotopic (exact) mass is 455 g/mol. The number of nitrogens with one attached hydrogen (secondary N) is 2. The molecule has 0 aliphatic heterocycles. The standard InChI is InChI=1S/C25H41N7O/c1-29(2)12-14-31(5)24-16-21(22-17-26-27-18-22)10-11-23(24)28-25(33)32(15-13-30(3)4)19-20-8-6-7-9-20/h10-11,16-18,20H,6-9,12-15,19H2,1-5H3,(H,26,27)(H,28,33). The summed E-state index contributed by atoms with van der Waals surface area (Å²) in [5.41, 5.74) is 3.96. The molecule has 8 heteroatoms. The number of carbonyl (C=O) groups is 1. The Hall–Kier alpha value is -2.58. The van der Waals surface area contributed by atoms with Gasteiger partial charge in [-0.25, -0.2) is 4.79 Å². The molecule has 1 aliphatic rings. The average molecular weight is 456 g/mol. The van der Waals surface area contributed by atoms with Crippen LogP contribution in [0.5, 0.6) is 0 Å². The molecule has 8 nitrogen and oxygen atoms in total. The van der Waals surface area contributed by atoms with Crippen LogP contribution in [-0.4, -0.2) is 98.9 Å². The van der Waals surface area contributed by atoms with E-state index < -0.39 is 0 Å². The van der Waals surface area contributed by atoms with Crippen molar-refractivity contribution in [3.8, 4) is 11.1 Å². The van der Waals surface area contributed by atoms with Crippen LogP contribution in [0.3, 0.4) is 0 Å². The molecule has 1 aromatic heterocycles. The minimum absolute atomic E-state index is 0.0120. The third-order valence-corrected chi connectivity index (χ3v) is 6.42. The van der Waals surface area contributed by atoms with Gasteiger partial charge in [-0.15, -0.1) is 0 Å². The van der Waals surface area contributed by atoms with Gasteiger partial charge in [0.1, 0.15) is 0 Å². The van der Waals surface area contributed by atoms with Crippen LogP contribution in [-0.2, 0) is 0 Å². The quantitative estimate of drug-likeness (QED) is 0.541. The molecule has 33 heavy (non-hydrogen) atoms. The van der Waals surface area contributed by atoms with Crippen molar-refractivity contribution in [2.75, 3.05) is 78.2 Å². The summed E-state index contributed by atoms with van der Waals surface area (Å²) >= 11 is 0. The predicted octanol–water partition coefficient (Wildman–Crippen LogP) is 3.66. The van der Waals surface area contributed by atoms with E-state index in [1.54, 1.807) is 0 Å². The lowest BCUT2D eigenvalue weighted by Gasteiger charge is -2.29. The summed E-state index contributed by atoms with van der Waals surface area (Å²) in [6.45, 7) is 4.20. The first-order chi connectivity index (χ1) is 15.8. The number of benzene rings is 1. The van der Waals surface area contributed by atoms with Gasteiger partial charge in [-0.2, -0.15) is 5.10 Å². The smallest absolute Gasteiger partial charge is 0.321 e. The molecular formula is C25H41N7O. The molecule has 0 spiro atoms. The van der Waals surface area contributed by atoms with E-state index >= 15 is 0 Å². The average Bonchev–Trinajstić information content (AvgIpc) is 3.49. The lowest BCUT2D eigenvalue weighted by molar-refractivity contribution is 0.194. The maximum Gasteiger partial charge on any atom is 0.321 e. The number of hydrogen-bond acceptors (Lipinski definition) is 5. The van der Waals surface area contributed by atoms with Gasteiger partial charge in [0, 0.05) is 51.5 Å². The normalized spacial score (nSPS) is 14.3. The molecule has 2 amide bonds. The van der Waals surface area contributed by atoms with Crippen molar-refractivity contribution in [1.82, 2.24) is 24.9 Å². The van der Waals surface area contributed by atoms with Crippen LogP contribution < -0.4 is 10.2 Å². The number of H-pyrrole nitrogens is 1. The third-order valence-electron chi connectivity index (χ3n) is 6.42. The molecule has 1 aromatic carbocycles. The first-order valence-corrected chi connectivity index (χ1v) is 12.0. The Morgan fingerprint density at radius 1 is 1.00 bits per heavy atom. The zero-order valence-corrected chi connectivity index (χ0v) is 21.0. The Kier molecular flexibility index (Phi) is 9.14. The summed E-state index contributed by atoms with van der Waals surface area (Å²) in [7, 11) is 10.3. The molecule has 0 atom stereocenters. The minimum atomic E-state index is -0.0120. The zero-order valence-electron chi connectivity index (χ0n) is 21.0. The summed E-state index contributed by atoms with van der Waals surface area (Å²) < 4.78 is 0. The lowest BCUT2D eigenvalue weighted by Crippen LogP contribution is -2.42. The maximum atomic E-state index is 13.4. The third kappa shape index (κ3) is 7.47. The highest BCUT2D eigenvalue weighted by Crippen LogP contribution is 2.32. The van der Waals surface area contributed by atoms with Gasteiger partial charge < -0.3 is 24.9 Å². The van der Waals surface area contributed by atoms with E-state index in [9.17, 15) is 4.79 Å². The Bertz CT molecular complexity index is 860. The van der Waals surface area contributed by atoms with Crippen LogP contribution in [0.4, 0.5) is 16.2 Å². The zero-order chi connectivity index (χ0) is 23.8. The fourth-order valence-electron chi connectivity index (χ4n) is 4.31. The molecule has 3 rings (SSSR count). The highest BCUT2D eigenvalue weighted by molar-refractivity contribution is 5.94. The van der Waals surface area contributed by atoms with Crippen molar-refractivity contribution in [2.45, 2.75) is 25.7 Å². The second kappa shape index (κ2) is 12.0. The SMILES string of the molecule is CN(C)CCN(CC1CCCC1)C(=O)Nc1ccc(-c2cn[nH]c2)cc1N(C)CCN(C)C. The number of carbonyl (C=O) groups excluding carboxylic acids is 1. The number of urea groups is 1. The van der Waals surface area contributed by atoms with Crippen molar-refractivity contribution >= 4 is 17.4 Å². The largest absolute Gasteiger partial charge is 0.372 e. The number of aromatic nitrogens is 2. The molecule has 0 unspecified atom stereocenters. The predicted molar refractivity (Wildman–Crippen MR) is 137 cm³/mol. The van der Waals surface area contributed by atoms with Crippen LogP contribution in [0.1, 0.15) is 25.7 Å². The summed E-state index contributed by atoms with van der Waals surface area (Å²) in [5.74, 6) is 0.614. The molecule has 2 aromatic rings. The number of anilines is 2. The molecule has 1 aliphatic carbocycles. The lowest BCUT2D eigenvalue weighted by atomic mass is 10.1. The summed E-state index contributed by atoms with van der Waals surface area (Å²) in [6, 6.07) is 6.19. The molecule has 2 N–H and O–H groups in total. The first kappa shape index (κ1) is 25.1. The number of rotatable bonds is 11. The van der Waals surface area contributed by atoms with Crippen molar-refractivity contribution < 1.29 is 4.79 Å². The number of aromatic amines is 1. The second-order valence-electron chi connectivity index (χ2n) is 9.77. The molecule has 182 valence electrons. The van der Waals surface area contributed by atoms with Gasteiger partial charge in [0.05, 0.1) is 17.6 Å². The number of nitrogens with zero attached hydrogens (tertiary/aromatic N) is 5. The molecule has 0 radical (unpaired) electrons. The van der Waals surface area contributed by atoms with Gasteiger partial charge in [-0.3, -0.25) is 5.10 Å². The summed E-state index contributed by atoms with van der Waals surface area (Å²) in [5, 5.41) is 10.2. The number of hydrogen-bond donors (Lipinski definition) is 2. The molecule has 0 saturated heterocycles. The fourth-order valence-corrected chi connectivity index (χ4v) is 4.31. The van der Waals surface area contributed by atoms with Crippen molar-refractivity contribution in [3.05, 3.63) is 30.6 Å². The Morgan fingerprint density at radius 3 is 2.33 bits per heavy atom. The molecule has 1 heterocycles. The van der Waals surface area contributed by atoms with Crippen LogP contribution in [0.25, 0.3) is 11.1 Å². The Morgan fingerprint density at radius 2 is 1.70 bits per heavy atom. The van der Waals surface area contributed by atoms with E-state index in [4.69, 9.17) is 0 Å². The molecular weight excluding hydrogens is 414 g/mol. The number of likely N-dealkylation sites (N-methyl/N-ethyl adjacent to an activating group) is 3. The van der Waals surface area contributed by atoms with Gasteiger partial charge >= 0.3 is 6.03 Å². The van der Waals surface area contributed by atoms with Gasteiger partial charge in [-0.05, 0) is 64.6 Å². The van der Waals surface area contributed by atoms with Crippen LogP contribution in [0.15, 0.2) is 30.6 Å². The first-order valence-electron chi connectivity index (χ1n) is 12.0. The number of amides is 2. The minimum Gasteiger partial charge on any atom is -0.372 e. The van der Waals surface area contributed by atoms with E-state index in [0.29, 0.717) is 5.92 Å². The van der Waals surface area contributed by atoms with Gasteiger partial charge in [0.25, 0.3) is 0 Å². The topological polar surface area (TPSA) is 70.7 Å². The van der Waals surface area contributed by atoms with Gasteiger partial charge in [-0.1, -0.05) is 18.9 Å². The maximum absolute atomic E-state index is 13.4. The summed E-state index contributed by atoms with van der Waals surface area (Å²) in [4.78, 5) is 21.9. The Labute approximate surface area is 198 Å². The highest BCUT2D eigenvalue weighted by atomic mass is 16.2. The summed E-state index contributed by atoms with van der Waals surface area (Å²) in [6.07, 6.45) is 8.73. The van der Waals surface area contributed by atoms with Crippen molar-refractivity contribution in [3.63, 3.8) is 0 Å².